The summed E-state index contributed by atoms with van der Waals surface area (Å²) in [6.07, 6.45) is 1.41. The Morgan fingerprint density at radius 3 is 2.76 bits per heavy atom. The van der Waals surface area contributed by atoms with Gasteiger partial charge in [-0.2, -0.15) is 5.10 Å². The summed E-state index contributed by atoms with van der Waals surface area (Å²) in [6.45, 7) is 3.68. The second kappa shape index (κ2) is 7.15. The lowest BCUT2D eigenvalue weighted by molar-refractivity contribution is -0.120. The lowest BCUT2D eigenvalue weighted by Crippen LogP contribution is -2.33. The molecule has 0 saturated heterocycles. The fraction of sp³-hybridized carbons (Fsp3) is 0.308. The highest BCUT2D eigenvalue weighted by Gasteiger charge is 2.19. The second-order valence-corrected chi connectivity index (χ2v) is 6.62. The third kappa shape index (κ3) is 4.36. The lowest BCUT2D eigenvalue weighted by atomic mass is 10.1. The van der Waals surface area contributed by atoms with E-state index in [0.717, 1.165) is 5.56 Å². The lowest BCUT2D eigenvalue weighted by Gasteiger charge is -2.18. The molecule has 1 heterocycles. The average Bonchev–Trinajstić information content (AvgIpc) is 2.91. The third-order valence-electron chi connectivity index (χ3n) is 2.84. The molecule has 1 aromatic carbocycles. The number of nitrogens with one attached hydrogen (secondary N) is 2. The smallest absolute Gasteiger partial charge is 0.233 e. The number of rotatable bonds is 5. The average molecular weight is 345 g/mol. The Morgan fingerprint density at radius 2 is 2.14 bits per heavy atom. The summed E-state index contributed by atoms with van der Waals surface area (Å²) < 4.78 is 0. The van der Waals surface area contributed by atoms with Gasteiger partial charge in [-0.25, -0.2) is 4.98 Å². The van der Waals surface area contributed by atoms with Gasteiger partial charge < -0.3 is 5.32 Å². The van der Waals surface area contributed by atoms with E-state index in [1.54, 1.807) is 19.1 Å². The van der Waals surface area contributed by atoms with Crippen molar-refractivity contribution in [1.82, 2.24) is 20.5 Å². The molecule has 1 aromatic heterocycles. The number of benzene rings is 1. The first-order chi connectivity index (χ1) is 9.97. The summed E-state index contributed by atoms with van der Waals surface area (Å²) in [5, 5.41) is 10.8. The van der Waals surface area contributed by atoms with Gasteiger partial charge in [-0.05, 0) is 31.5 Å². The van der Waals surface area contributed by atoms with Crippen molar-refractivity contribution in [3.05, 3.63) is 40.1 Å². The molecule has 0 unspecified atom stereocenters. The summed E-state index contributed by atoms with van der Waals surface area (Å²) in [7, 11) is 0. The van der Waals surface area contributed by atoms with Crippen molar-refractivity contribution in [2.24, 2.45) is 0 Å². The Labute approximate surface area is 136 Å². The number of amides is 1. The molecule has 2 aromatic rings. The molecule has 21 heavy (non-hydrogen) atoms. The van der Waals surface area contributed by atoms with Crippen LogP contribution in [0.3, 0.4) is 0 Å². The predicted octanol–water partition coefficient (Wildman–Crippen LogP) is 3.47. The van der Waals surface area contributed by atoms with E-state index in [2.05, 4.69) is 20.5 Å². The maximum atomic E-state index is 12.2. The van der Waals surface area contributed by atoms with Crippen molar-refractivity contribution in [1.29, 1.82) is 0 Å². The van der Waals surface area contributed by atoms with Crippen molar-refractivity contribution >= 4 is 40.9 Å². The number of aromatic nitrogens is 3. The van der Waals surface area contributed by atoms with Crippen molar-refractivity contribution in [3.63, 3.8) is 0 Å². The molecule has 8 heteroatoms. The number of nitrogens with zero attached hydrogens (tertiary/aromatic N) is 2. The zero-order valence-electron chi connectivity index (χ0n) is 11.4. The molecule has 0 fully saturated rings. The van der Waals surface area contributed by atoms with Crippen molar-refractivity contribution < 1.29 is 4.79 Å². The minimum Gasteiger partial charge on any atom is -0.349 e. The molecule has 0 aliphatic rings. The third-order valence-corrected chi connectivity index (χ3v) is 4.39. The summed E-state index contributed by atoms with van der Waals surface area (Å²) in [5.41, 5.74) is 0.825. The number of hydrogen-bond acceptors (Lipinski definition) is 4. The van der Waals surface area contributed by atoms with Crippen LogP contribution in [0.15, 0.2) is 29.7 Å². The van der Waals surface area contributed by atoms with E-state index in [4.69, 9.17) is 23.2 Å². The standard InChI is InChI=1S/C13H14Cl2N4OS/c1-7(10-4-3-9(14)5-11(10)15)18-12(20)8(2)21-13-16-6-17-19-13/h3-8H,1-2H3,(H,18,20)(H,16,17,19)/t7-,8+/m0/s1. The Morgan fingerprint density at radius 1 is 1.38 bits per heavy atom. The van der Waals surface area contributed by atoms with E-state index >= 15 is 0 Å². The van der Waals surface area contributed by atoms with Gasteiger partial charge in [0.2, 0.25) is 5.91 Å². The second-order valence-electron chi connectivity index (χ2n) is 4.45. The highest BCUT2D eigenvalue weighted by molar-refractivity contribution is 8.00. The van der Waals surface area contributed by atoms with Gasteiger partial charge >= 0.3 is 0 Å². The van der Waals surface area contributed by atoms with Crippen LogP contribution in [0.2, 0.25) is 10.0 Å². The molecule has 0 bridgehead atoms. The van der Waals surface area contributed by atoms with Crippen LogP contribution in [-0.4, -0.2) is 26.3 Å². The number of aromatic amines is 1. The van der Waals surface area contributed by atoms with Crippen LogP contribution in [0.25, 0.3) is 0 Å². The van der Waals surface area contributed by atoms with Crippen LogP contribution in [-0.2, 0) is 4.79 Å². The number of carbonyl (C=O) groups excluding carboxylic acids is 1. The Hall–Kier alpha value is -1.24. The summed E-state index contributed by atoms with van der Waals surface area (Å²) in [4.78, 5) is 16.1. The van der Waals surface area contributed by atoms with E-state index in [0.29, 0.717) is 15.2 Å². The minimum absolute atomic E-state index is 0.102. The fourth-order valence-corrected chi connectivity index (χ4v) is 3.03. The van der Waals surface area contributed by atoms with Crippen LogP contribution < -0.4 is 5.32 Å². The maximum Gasteiger partial charge on any atom is 0.233 e. The molecule has 0 aliphatic carbocycles. The summed E-state index contributed by atoms with van der Waals surface area (Å²) in [6, 6.07) is 5.01. The topological polar surface area (TPSA) is 70.7 Å². The van der Waals surface area contributed by atoms with Crippen LogP contribution in [0.1, 0.15) is 25.5 Å². The largest absolute Gasteiger partial charge is 0.349 e. The van der Waals surface area contributed by atoms with Gasteiger partial charge in [0, 0.05) is 10.0 Å². The van der Waals surface area contributed by atoms with E-state index < -0.39 is 0 Å². The Kier molecular flexibility index (Phi) is 5.50. The zero-order chi connectivity index (χ0) is 15.4. The number of halogens is 2. The zero-order valence-corrected chi connectivity index (χ0v) is 13.8. The summed E-state index contributed by atoms with van der Waals surface area (Å²) in [5.74, 6) is -0.102. The maximum absolute atomic E-state index is 12.2. The molecule has 1 amide bonds. The molecule has 2 atom stereocenters. The molecule has 2 rings (SSSR count). The van der Waals surface area contributed by atoms with Gasteiger partial charge in [-0.1, -0.05) is 41.0 Å². The SMILES string of the molecule is C[C@H](NC(=O)[C@@H](C)Sc1ncn[nH]1)c1ccc(Cl)cc1Cl. The molecular weight excluding hydrogens is 331 g/mol. The fourth-order valence-electron chi connectivity index (χ4n) is 1.73. The van der Waals surface area contributed by atoms with Crippen molar-refractivity contribution in [2.45, 2.75) is 30.3 Å². The molecular formula is C13H14Cl2N4OS. The van der Waals surface area contributed by atoms with Crippen LogP contribution in [0.4, 0.5) is 0 Å². The van der Waals surface area contributed by atoms with Gasteiger partial charge in [0.15, 0.2) is 5.16 Å². The first-order valence-corrected chi connectivity index (χ1v) is 7.88. The number of thioether (sulfide) groups is 1. The van der Waals surface area contributed by atoms with E-state index in [9.17, 15) is 4.79 Å². The van der Waals surface area contributed by atoms with Crippen LogP contribution in [0, 0.1) is 0 Å². The monoisotopic (exact) mass is 344 g/mol. The molecule has 5 nitrogen and oxygen atoms in total. The highest BCUT2D eigenvalue weighted by Crippen LogP contribution is 2.27. The predicted molar refractivity (Wildman–Crippen MR) is 84.7 cm³/mol. The molecule has 0 radical (unpaired) electrons. The molecule has 2 N–H and O–H groups in total. The van der Waals surface area contributed by atoms with E-state index in [1.807, 2.05) is 13.0 Å². The Balaban J connectivity index is 1.98. The van der Waals surface area contributed by atoms with E-state index in [-0.39, 0.29) is 17.2 Å². The van der Waals surface area contributed by atoms with Gasteiger partial charge in [0.1, 0.15) is 6.33 Å². The van der Waals surface area contributed by atoms with Crippen LogP contribution in [0.5, 0.6) is 0 Å². The minimum atomic E-state index is -0.300. The quantitative estimate of drug-likeness (QED) is 0.814. The highest BCUT2D eigenvalue weighted by atomic mass is 35.5. The number of carbonyl (C=O) groups is 1. The van der Waals surface area contributed by atoms with Gasteiger partial charge in [0.25, 0.3) is 0 Å². The van der Waals surface area contributed by atoms with Gasteiger partial charge in [-0.15, -0.1) is 0 Å². The van der Waals surface area contributed by atoms with Gasteiger partial charge in [0.05, 0.1) is 11.3 Å². The van der Waals surface area contributed by atoms with Crippen molar-refractivity contribution in [2.75, 3.05) is 0 Å². The Bertz CT molecular complexity index is 621. The normalized spacial score (nSPS) is 13.7. The van der Waals surface area contributed by atoms with Crippen LogP contribution >= 0.6 is 35.0 Å². The molecule has 112 valence electrons. The van der Waals surface area contributed by atoms with E-state index in [1.165, 1.54) is 18.1 Å². The first-order valence-electron chi connectivity index (χ1n) is 6.24. The number of H-pyrrole nitrogens is 1. The first kappa shape index (κ1) is 16.1. The number of hydrogen-bond donors (Lipinski definition) is 2. The van der Waals surface area contributed by atoms with Crippen molar-refractivity contribution in [3.8, 4) is 0 Å². The molecule has 0 saturated carbocycles. The summed E-state index contributed by atoms with van der Waals surface area (Å²) >= 11 is 13.3. The molecule has 0 aliphatic heterocycles. The van der Waals surface area contributed by atoms with Gasteiger partial charge in [-0.3, -0.25) is 9.89 Å². The molecule has 0 spiro atoms.